The van der Waals surface area contributed by atoms with Crippen LogP contribution in [-0.4, -0.2) is 9.61 Å². The molecule has 4 nitrogen and oxygen atoms in total. The third kappa shape index (κ3) is 2.39. The predicted molar refractivity (Wildman–Crippen MR) is 87.9 cm³/mol. The van der Waals surface area contributed by atoms with Crippen molar-refractivity contribution in [3.05, 3.63) is 63.1 Å². The lowest BCUT2D eigenvalue weighted by molar-refractivity contribution is 0.296. The number of hydrogen-bond acceptors (Lipinski definition) is 3. The van der Waals surface area contributed by atoms with Gasteiger partial charge in [0.05, 0.1) is 5.69 Å². The van der Waals surface area contributed by atoms with Crippen molar-refractivity contribution in [2.24, 2.45) is 0 Å². The maximum atomic E-state index is 11.1. The summed E-state index contributed by atoms with van der Waals surface area (Å²) < 4.78 is 2.76. The molecule has 102 valence electrons. The van der Waals surface area contributed by atoms with Crippen LogP contribution < -0.4 is 5.23 Å². The monoisotopic (exact) mass is 379 g/mol. The van der Waals surface area contributed by atoms with Crippen molar-refractivity contribution in [3.8, 4) is 11.1 Å². The van der Waals surface area contributed by atoms with Crippen LogP contribution >= 0.6 is 22.6 Å². The van der Waals surface area contributed by atoms with E-state index in [1.54, 1.807) is 6.07 Å². The Bertz CT molecular complexity index is 781. The van der Waals surface area contributed by atoms with E-state index in [1.165, 1.54) is 5.56 Å². The van der Waals surface area contributed by atoms with Gasteiger partial charge in [-0.05, 0) is 64.9 Å². The Morgan fingerprint density at radius 2 is 1.90 bits per heavy atom. The third-order valence-electron chi connectivity index (χ3n) is 3.22. The molecule has 0 bridgehead atoms. The topological polar surface area (TPSA) is 50.9 Å². The predicted octanol–water partition coefficient (Wildman–Crippen LogP) is 4.21. The summed E-state index contributed by atoms with van der Waals surface area (Å²) in [5.74, 6) is 0. The Morgan fingerprint density at radius 1 is 1.10 bits per heavy atom. The zero-order chi connectivity index (χ0) is 14.3. The first-order valence-corrected chi connectivity index (χ1v) is 7.17. The zero-order valence-corrected chi connectivity index (χ0v) is 12.9. The van der Waals surface area contributed by atoms with Crippen LogP contribution in [0.15, 0.2) is 48.8 Å². The molecule has 5 heteroatoms. The Morgan fingerprint density at radius 3 is 2.65 bits per heavy atom. The molecule has 0 amide bonds. The maximum Gasteiger partial charge on any atom is 0.0648 e. The minimum Gasteiger partial charge on any atom is -0.733 e. The SMILES string of the molecule is Cc1ccc2cc(-c3ccc(I)c(N([O-])O)c3)cn2c1. The summed E-state index contributed by atoms with van der Waals surface area (Å²) in [4.78, 5) is 0. The van der Waals surface area contributed by atoms with E-state index in [0.717, 1.165) is 16.6 Å². The first kappa shape index (κ1) is 13.4. The van der Waals surface area contributed by atoms with E-state index in [2.05, 4.69) is 28.8 Å². The highest BCUT2D eigenvalue weighted by atomic mass is 127. The number of aryl methyl sites for hydroxylation is 1. The van der Waals surface area contributed by atoms with Crippen molar-refractivity contribution in [3.63, 3.8) is 0 Å². The Labute approximate surface area is 129 Å². The molecule has 2 aromatic heterocycles. The largest absolute Gasteiger partial charge is 0.733 e. The van der Waals surface area contributed by atoms with Crippen molar-refractivity contribution in [2.45, 2.75) is 6.92 Å². The second kappa shape index (κ2) is 5.08. The quantitative estimate of drug-likeness (QED) is 0.536. The lowest BCUT2D eigenvalue weighted by Crippen LogP contribution is -2.08. The van der Waals surface area contributed by atoms with Gasteiger partial charge in [0.2, 0.25) is 0 Å². The molecule has 0 fully saturated rings. The highest BCUT2D eigenvalue weighted by Crippen LogP contribution is 2.29. The van der Waals surface area contributed by atoms with E-state index >= 15 is 0 Å². The Balaban J connectivity index is 2.13. The summed E-state index contributed by atoms with van der Waals surface area (Å²) in [5, 5.41) is 20.2. The second-order valence-electron chi connectivity index (χ2n) is 4.71. The zero-order valence-electron chi connectivity index (χ0n) is 10.7. The molecule has 0 aliphatic heterocycles. The number of fused-ring (bicyclic) bond motifs is 1. The fourth-order valence-electron chi connectivity index (χ4n) is 2.22. The van der Waals surface area contributed by atoms with Gasteiger partial charge in [0, 0.05) is 27.0 Å². The van der Waals surface area contributed by atoms with Gasteiger partial charge in [-0.25, -0.2) is 0 Å². The van der Waals surface area contributed by atoms with E-state index < -0.39 is 0 Å². The van der Waals surface area contributed by atoms with Crippen LogP contribution in [0.25, 0.3) is 16.6 Å². The molecule has 0 aliphatic carbocycles. The lowest BCUT2D eigenvalue weighted by Gasteiger charge is -2.23. The fraction of sp³-hybridized carbons (Fsp3) is 0.0667. The number of benzene rings is 1. The lowest BCUT2D eigenvalue weighted by atomic mass is 10.1. The van der Waals surface area contributed by atoms with Gasteiger partial charge < -0.3 is 14.8 Å². The van der Waals surface area contributed by atoms with Crippen molar-refractivity contribution in [1.29, 1.82) is 0 Å². The van der Waals surface area contributed by atoms with Crippen molar-refractivity contribution in [1.82, 2.24) is 4.40 Å². The number of halogens is 1. The number of pyridine rings is 1. The normalized spacial score (nSPS) is 11.0. The maximum absolute atomic E-state index is 11.1. The van der Waals surface area contributed by atoms with Crippen LogP contribution in [0.5, 0.6) is 0 Å². The summed E-state index contributed by atoms with van der Waals surface area (Å²) in [6.07, 6.45) is 4.07. The minimum atomic E-state index is -0.0920. The molecule has 0 aliphatic rings. The van der Waals surface area contributed by atoms with Gasteiger partial charge in [0.25, 0.3) is 0 Å². The van der Waals surface area contributed by atoms with Crippen molar-refractivity contribution in [2.75, 3.05) is 5.23 Å². The van der Waals surface area contributed by atoms with Crippen LogP contribution in [0.4, 0.5) is 5.69 Å². The number of aromatic nitrogens is 1. The van der Waals surface area contributed by atoms with E-state index in [1.807, 2.05) is 47.8 Å². The summed E-state index contributed by atoms with van der Waals surface area (Å²) in [7, 11) is 0. The molecule has 1 N–H and O–H groups in total. The molecule has 3 rings (SSSR count). The standard InChI is InChI=1S/C15H12IN2O2/c1-10-2-4-13-6-12(9-17(13)8-10)11-3-5-14(16)15(7-11)18(19)20/h2-9,19H,1H3/q-1. The van der Waals surface area contributed by atoms with Crippen LogP contribution in [0, 0.1) is 15.7 Å². The number of nitrogens with zero attached hydrogens (tertiary/aromatic N) is 2. The van der Waals surface area contributed by atoms with Crippen LogP contribution in [0.1, 0.15) is 5.56 Å². The molecule has 0 unspecified atom stereocenters. The number of anilines is 1. The van der Waals surface area contributed by atoms with Crippen LogP contribution in [0.2, 0.25) is 0 Å². The summed E-state index contributed by atoms with van der Waals surface area (Å²) >= 11 is 2.02. The summed E-state index contributed by atoms with van der Waals surface area (Å²) in [5.41, 5.74) is 4.44. The Kier molecular flexibility index (Phi) is 3.41. The first-order chi connectivity index (χ1) is 9.54. The molecule has 2 heterocycles. The fourth-order valence-corrected chi connectivity index (χ4v) is 2.76. The van der Waals surface area contributed by atoms with E-state index in [9.17, 15) is 5.21 Å². The molecule has 20 heavy (non-hydrogen) atoms. The van der Waals surface area contributed by atoms with Crippen molar-refractivity contribution < 1.29 is 5.21 Å². The van der Waals surface area contributed by atoms with Gasteiger partial charge in [0.1, 0.15) is 0 Å². The molecular weight excluding hydrogens is 367 g/mol. The summed E-state index contributed by atoms with van der Waals surface area (Å²) in [6.45, 7) is 2.04. The van der Waals surface area contributed by atoms with Gasteiger partial charge in [-0.15, -0.1) is 0 Å². The highest BCUT2D eigenvalue weighted by Gasteiger charge is 2.06. The molecule has 0 saturated carbocycles. The molecule has 0 spiro atoms. The molecular formula is C15H12IN2O2-. The minimum absolute atomic E-state index is 0.0920. The molecule has 0 radical (unpaired) electrons. The Hall–Kier alpha value is -1.57. The van der Waals surface area contributed by atoms with Gasteiger partial charge in [-0.3, -0.25) is 5.21 Å². The average Bonchev–Trinajstić information content (AvgIpc) is 2.81. The number of rotatable bonds is 2. The van der Waals surface area contributed by atoms with Crippen molar-refractivity contribution >= 4 is 33.8 Å². The van der Waals surface area contributed by atoms with Gasteiger partial charge >= 0.3 is 0 Å². The van der Waals surface area contributed by atoms with E-state index in [4.69, 9.17) is 5.21 Å². The van der Waals surface area contributed by atoms with Gasteiger partial charge in [0.15, 0.2) is 0 Å². The van der Waals surface area contributed by atoms with Crippen LogP contribution in [0.3, 0.4) is 0 Å². The van der Waals surface area contributed by atoms with E-state index in [-0.39, 0.29) is 10.9 Å². The molecule has 3 aromatic rings. The van der Waals surface area contributed by atoms with Gasteiger partial charge in [-0.1, -0.05) is 12.1 Å². The number of hydrogen-bond donors (Lipinski definition) is 1. The first-order valence-electron chi connectivity index (χ1n) is 6.09. The van der Waals surface area contributed by atoms with Crippen LogP contribution in [-0.2, 0) is 0 Å². The smallest absolute Gasteiger partial charge is 0.0648 e. The second-order valence-corrected chi connectivity index (χ2v) is 5.87. The molecule has 0 saturated heterocycles. The molecule has 1 aromatic carbocycles. The van der Waals surface area contributed by atoms with E-state index in [0.29, 0.717) is 3.57 Å². The average molecular weight is 379 g/mol. The molecule has 0 atom stereocenters. The van der Waals surface area contributed by atoms with Gasteiger partial charge in [-0.2, -0.15) is 0 Å². The highest BCUT2D eigenvalue weighted by molar-refractivity contribution is 14.1. The third-order valence-corrected chi connectivity index (χ3v) is 4.14. The summed E-state index contributed by atoms with van der Waals surface area (Å²) in [6, 6.07) is 11.6.